The molecule has 9 heteroatoms. The predicted octanol–water partition coefficient (Wildman–Crippen LogP) is 5.05. The third-order valence-electron chi connectivity index (χ3n) is 14.5. The van der Waals surface area contributed by atoms with Gasteiger partial charge in [0.15, 0.2) is 0 Å². The molecule has 0 heterocycles. The van der Waals surface area contributed by atoms with Gasteiger partial charge in [-0.1, -0.05) is 26.0 Å². The average molecular weight is 679 g/mol. The predicted molar refractivity (Wildman–Crippen MR) is 181 cm³/mol. The molecule has 4 saturated carbocycles. The molecule has 11 unspecified atom stereocenters. The van der Waals surface area contributed by atoms with E-state index in [4.69, 9.17) is 8.92 Å². The van der Waals surface area contributed by atoms with Gasteiger partial charge in [0.05, 0.1) is 12.2 Å². The molecular weight excluding hydrogens is 626 g/mol. The van der Waals surface area contributed by atoms with Crippen LogP contribution < -0.4 is 14.7 Å². The minimum absolute atomic E-state index is 0.0180. The Bertz CT molecular complexity index is 1710. The van der Waals surface area contributed by atoms with Crippen LogP contribution in [-0.4, -0.2) is 48.6 Å². The summed E-state index contributed by atoms with van der Waals surface area (Å²) in [6.07, 6.45) is 11.6. The number of carbonyl (C=O) groups excluding carboxylic acids is 1. The van der Waals surface area contributed by atoms with Gasteiger partial charge in [-0.05, 0) is 170 Å². The second-order valence-electron chi connectivity index (χ2n) is 16.8. The Morgan fingerprint density at radius 3 is 1.83 bits per heavy atom. The zero-order valence-corrected chi connectivity index (χ0v) is 29.2. The molecular formula is C39H52NO7S+. The number of aliphatic hydroxyl groups excluding tert-OH is 2. The first-order chi connectivity index (χ1) is 22.9. The van der Waals surface area contributed by atoms with Crippen LogP contribution in [0, 0.1) is 34.5 Å². The monoisotopic (exact) mass is 678 g/mol. The number of ether oxygens (including phenoxy) is 1. The lowest BCUT2D eigenvalue weighted by atomic mass is 9.55. The number of rotatable bonds is 6. The van der Waals surface area contributed by atoms with Crippen molar-refractivity contribution >= 4 is 16.1 Å². The van der Waals surface area contributed by atoms with E-state index in [1.54, 1.807) is 6.07 Å². The summed E-state index contributed by atoms with van der Waals surface area (Å²) in [5, 5.41) is 21.4. The number of aliphatic hydroxyl groups is 2. The van der Waals surface area contributed by atoms with E-state index in [1.807, 2.05) is 24.3 Å². The number of hydrogen-bond donors (Lipinski definition) is 3. The van der Waals surface area contributed by atoms with E-state index in [1.165, 1.54) is 16.7 Å². The topological polar surface area (TPSA) is 138 Å². The van der Waals surface area contributed by atoms with Crippen LogP contribution >= 0.6 is 0 Å². The summed E-state index contributed by atoms with van der Waals surface area (Å²) in [5.74, 6) is 2.55. The molecule has 0 spiro atoms. The fourth-order valence-electron chi connectivity index (χ4n) is 11.9. The van der Waals surface area contributed by atoms with Crippen molar-refractivity contribution in [2.45, 2.75) is 121 Å². The average Bonchev–Trinajstić information content (AvgIpc) is 3.53. The van der Waals surface area contributed by atoms with Crippen molar-refractivity contribution in [1.82, 2.24) is 0 Å². The zero-order valence-electron chi connectivity index (χ0n) is 28.4. The normalized spacial score (nSPS) is 38.8. The van der Waals surface area contributed by atoms with E-state index in [0.717, 1.165) is 82.6 Å². The number of aryl methyl sites for hydroxylation is 2. The molecule has 0 amide bonds. The third kappa shape index (κ3) is 5.33. The van der Waals surface area contributed by atoms with E-state index >= 15 is 0 Å². The molecule has 6 aliphatic rings. The van der Waals surface area contributed by atoms with Crippen molar-refractivity contribution in [3.05, 3.63) is 58.7 Å². The molecule has 0 aliphatic heterocycles. The SMILES string of the molecule is CC12CCC3c4ccc(OC(=O)C([NH3+])CS(=O)(=O)Oc5ccc6c(c5)CCC5C6CCC6(C)C(O)CCC56)cc4CCC3C1CCC2O. The quantitative estimate of drug-likeness (QED) is 0.221. The minimum atomic E-state index is -4.10. The molecule has 6 aliphatic carbocycles. The lowest BCUT2D eigenvalue weighted by Gasteiger charge is -2.50. The van der Waals surface area contributed by atoms with Gasteiger partial charge in [0.25, 0.3) is 0 Å². The molecule has 8 nitrogen and oxygen atoms in total. The van der Waals surface area contributed by atoms with Gasteiger partial charge in [-0.2, -0.15) is 8.42 Å². The summed E-state index contributed by atoms with van der Waals surface area (Å²) < 4.78 is 37.4. The number of fused-ring (bicyclic) bond motifs is 10. The second-order valence-corrected chi connectivity index (χ2v) is 18.4. The van der Waals surface area contributed by atoms with E-state index in [9.17, 15) is 23.4 Å². The van der Waals surface area contributed by atoms with Gasteiger partial charge in [-0.25, -0.2) is 4.79 Å². The molecule has 48 heavy (non-hydrogen) atoms. The van der Waals surface area contributed by atoms with Crippen molar-refractivity contribution in [2.24, 2.45) is 34.5 Å². The fraction of sp³-hybridized carbons (Fsp3) is 0.667. The Balaban J connectivity index is 0.889. The van der Waals surface area contributed by atoms with Crippen molar-refractivity contribution in [2.75, 3.05) is 5.75 Å². The zero-order chi connectivity index (χ0) is 33.6. The van der Waals surface area contributed by atoms with Gasteiger partial charge >= 0.3 is 16.1 Å². The van der Waals surface area contributed by atoms with Gasteiger partial charge < -0.3 is 24.9 Å². The molecule has 5 N–H and O–H groups in total. The highest BCUT2D eigenvalue weighted by atomic mass is 32.2. The molecule has 260 valence electrons. The summed E-state index contributed by atoms with van der Waals surface area (Å²) in [7, 11) is -4.10. The van der Waals surface area contributed by atoms with Crippen LogP contribution in [-0.2, 0) is 27.8 Å². The molecule has 11 atom stereocenters. The third-order valence-corrected chi connectivity index (χ3v) is 15.7. The van der Waals surface area contributed by atoms with Crippen LogP contribution in [0.4, 0.5) is 0 Å². The van der Waals surface area contributed by atoms with Crippen LogP contribution in [0.3, 0.4) is 0 Å². The lowest BCUT2D eigenvalue weighted by Crippen LogP contribution is -2.68. The molecule has 0 radical (unpaired) electrons. The Kier molecular flexibility index (Phi) is 8.06. The first-order valence-corrected chi connectivity index (χ1v) is 20.0. The highest BCUT2D eigenvalue weighted by molar-refractivity contribution is 7.87. The summed E-state index contributed by atoms with van der Waals surface area (Å²) in [6, 6.07) is 10.3. The van der Waals surface area contributed by atoms with Gasteiger partial charge in [-0.15, -0.1) is 0 Å². The summed E-state index contributed by atoms with van der Waals surface area (Å²) in [6.45, 7) is 4.54. The maximum Gasteiger partial charge on any atom is 0.371 e. The standard InChI is InChI=1S/C39H51NO7S/c1-38-17-15-28-26-9-5-24(19-22(26)3-7-30(28)32(38)11-13-35(38)41)46-37(43)34(40)21-48(44,45)47-25-6-10-27-23(20-25)4-8-31-29(27)16-18-39(2)33(31)12-14-36(39)42/h5-6,9-10,19-20,28-36,41-42H,3-4,7-8,11-18,21,40H2,1-2H3/p+1. The van der Waals surface area contributed by atoms with Crippen LogP contribution in [0.5, 0.6) is 11.5 Å². The van der Waals surface area contributed by atoms with Gasteiger partial charge in [0.1, 0.15) is 17.3 Å². The van der Waals surface area contributed by atoms with Crippen LogP contribution in [0.25, 0.3) is 0 Å². The summed E-state index contributed by atoms with van der Waals surface area (Å²) in [5.41, 5.74) is 8.83. The molecule has 0 bridgehead atoms. The molecule has 2 aromatic rings. The van der Waals surface area contributed by atoms with E-state index in [0.29, 0.717) is 41.3 Å². The summed E-state index contributed by atoms with van der Waals surface area (Å²) in [4.78, 5) is 13.0. The maximum absolute atomic E-state index is 13.1. The molecule has 0 saturated heterocycles. The van der Waals surface area contributed by atoms with Crippen molar-refractivity contribution < 1.29 is 38.1 Å². The van der Waals surface area contributed by atoms with Crippen LogP contribution in [0.1, 0.15) is 112 Å². The molecule has 8 rings (SSSR count). The Labute approximate surface area is 284 Å². The number of carbonyl (C=O) groups is 1. The smallest absolute Gasteiger partial charge is 0.371 e. The van der Waals surface area contributed by atoms with Gasteiger partial charge in [0.2, 0.25) is 6.04 Å². The Morgan fingerprint density at radius 2 is 1.29 bits per heavy atom. The van der Waals surface area contributed by atoms with E-state index < -0.39 is 27.9 Å². The van der Waals surface area contributed by atoms with E-state index in [-0.39, 0.29) is 28.8 Å². The van der Waals surface area contributed by atoms with Gasteiger partial charge in [-0.3, -0.25) is 0 Å². The molecule has 0 aromatic heterocycles. The van der Waals surface area contributed by atoms with Crippen molar-refractivity contribution in [1.29, 1.82) is 0 Å². The highest BCUT2D eigenvalue weighted by Gasteiger charge is 2.55. The van der Waals surface area contributed by atoms with Gasteiger partial charge in [0, 0.05) is 0 Å². The number of esters is 1. The van der Waals surface area contributed by atoms with Crippen LogP contribution in [0.15, 0.2) is 36.4 Å². The maximum atomic E-state index is 13.1. The second kappa shape index (κ2) is 11.8. The lowest BCUT2D eigenvalue weighted by molar-refractivity contribution is -0.400. The number of quaternary nitrogens is 1. The number of hydrogen-bond acceptors (Lipinski definition) is 7. The molecule has 2 aromatic carbocycles. The highest BCUT2D eigenvalue weighted by Crippen LogP contribution is 2.62. The first kappa shape index (κ1) is 32.7. The Hall–Kier alpha value is -2.46. The van der Waals surface area contributed by atoms with Crippen molar-refractivity contribution in [3.63, 3.8) is 0 Å². The minimum Gasteiger partial charge on any atom is -0.422 e. The Morgan fingerprint density at radius 1 is 0.792 bits per heavy atom. The fourth-order valence-corrected chi connectivity index (χ4v) is 13.0. The molecule has 4 fully saturated rings. The first-order valence-electron chi connectivity index (χ1n) is 18.4. The van der Waals surface area contributed by atoms with Crippen molar-refractivity contribution in [3.8, 4) is 11.5 Å². The largest absolute Gasteiger partial charge is 0.422 e. The summed E-state index contributed by atoms with van der Waals surface area (Å²) >= 11 is 0. The number of benzene rings is 2. The van der Waals surface area contributed by atoms with E-state index in [2.05, 4.69) is 25.6 Å². The van der Waals surface area contributed by atoms with Crippen LogP contribution in [0.2, 0.25) is 0 Å².